The molecule has 0 saturated carbocycles. The predicted molar refractivity (Wildman–Crippen MR) is 122 cm³/mol. The molecular formula is C26H24N2O7. The van der Waals surface area contributed by atoms with E-state index in [1.54, 1.807) is 38.1 Å². The number of nitrogens with two attached hydrogens (primary N) is 1. The van der Waals surface area contributed by atoms with Gasteiger partial charge in [0.2, 0.25) is 11.8 Å². The average Bonchev–Trinajstić information content (AvgIpc) is 3.08. The molecule has 5 rings (SSSR count). The van der Waals surface area contributed by atoms with Gasteiger partial charge in [-0.05, 0) is 44.7 Å². The molecule has 4 aliphatic rings. The molecule has 180 valence electrons. The number of Topliss-reactive ketones (excluding diaryl/α,β-unsaturated/α-hetero) is 1. The summed E-state index contributed by atoms with van der Waals surface area (Å²) in [6.45, 7) is 3.64. The van der Waals surface area contributed by atoms with Crippen molar-refractivity contribution in [3.63, 3.8) is 0 Å². The number of fused-ring (bicyclic) bond motifs is 3. The van der Waals surface area contributed by atoms with E-state index in [0.29, 0.717) is 22.6 Å². The largest absolute Gasteiger partial charge is 0.504 e. The van der Waals surface area contributed by atoms with Crippen molar-refractivity contribution in [1.29, 1.82) is 0 Å². The average molecular weight is 476 g/mol. The highest BCUT2D eigenvalue weighted by Gasteiger charge is 2.57. The van der Waals surface area contributed by atoms with Gasteiger partial charge in [-0.25, -0.2) is 4.79 Å². The molecule has 0 unspecified atom stereocenters. The molecule has 4 amide bonds. The van der Waals surface area contributed by atoms with E-state index in [-0.39, 0.29) is 52.6 Å². The van der Waals surface area contributed by atoms with E-state index in [9.17, 15) is 29.1 Å². The Hall–Kier alpha value is -4.01. The van der Waals surface area contributed by atoms with Crippen LogP contribution in [0.15, 0.2) is 52.6 Å². The Morgan fingerprint density at radius 2 is 1.91 bits per heavy atom. The lowest BCUT2D eigenvalue weighted by Gasteiger charge is -2.42. The first-order valence-corrected chi connectivity index (χ1v) is 11.5. The molecule has 35 heavy (non-hydrogen) atoms. The van der Waals surface area contributed by atoms with Crippen LogP contribution in [0, 0.1) is 17.8 Å². The number of allylic oxidation sites excluding steroid dienone is 6. The number of phenols is 1. The van der Waals surface area contributed by atoms with Crippen molar-refractivity contribution in [2.75, 3.05) is 6.61 Å². The molecular weight excluding hydrogens is 452 g/mol. The summed E-state index contributed by atoms with van der Waals surface area (Å²) < 4.78 is 5.54. The summed E-state index contributed by atoms with van der Waals surface area (Å²) in [5.41, 5.74) is 7.16. The highest BCUT2D eigenvalue weighted by atomic mass is 16.5. The maximum absolute atomic E-state index is 13.2. The minimum absolute atomic E-state index is 0.0755. The van der Waals surface area contributed by atoms with Crippen molar-refractivity contribution in [3.8, 4) is 11.5 Å². The van der Waals surface area contributed by atoms with Crippen LogP contribution in [-0.2, 0) is 19.2 Å². The number of ether oxygens (including phenoxy) is 1. The SMILES string of the molecule is CCOc1cccc([C@H]2C3=CC[C@@H]4C(=O)N(C(N)=O)C(=O)[C@@H]4[C@@H]3CC3=C2C(=O)C=C(C)C3=O)c1O. The second kappa shape index (κ2) is 8.04. The molecule has 3 N–H and O–H groups in total. The Bertz CT molecular complexity index is 1320. The lowest BCUT2D eigenvalue weighted by molar-refractivity contribution is -0.136. The molecule has 0 bridgehead atoms. The fourth-order valence-corrected chi connectivity index (χ4v) is 6.00. The standard InChI is InChI=1S/C26H24N2O7/c1-3-35-18-6-4-5-13(23(18)31)19-12-7-8-14-20(25(33)28(24(14)32)26(27)34)15(12)10-16-21(19)17(29)9-11(2)22(16)30/h4-7,9,14-15,19-20,31H,3,8,10H2,1-2H3,(H2,27,34)/t14-,15+,19+,20-/m0/s1. The maximum atomic E-state index is 13.2. The van der Waals surface area contributed by atoms with Crippen LogP contribution in [0.4, 0.5) is 4.79 Å². The van der Waals surface area contributed by atoms with Crippen LogP contribution in [0.5, 0.6) is 11.5 Å². The molecule has 1 aliphatic heterocycles. The Morgan fingerprint density at radius 3 is 2.60 bits per heavy atom. The van der Waals surface area contributed by atoms with E-state index < -0.39 is 41.5 Å². The molecule has 9 heteroatoms. The van der Waals surface area contributed by atoms with Crippen molar-refractivity contribution in [3.05, 3.63) is 58.2 Å². The Kier molecular flexibility index (Phi) is 5.23. The number of carbonyl (C=O) groups is 5. The van der Waals surface area contributed by atoms with Gasteiger partial charge in [-0.3, -0.25) is 19.2 Å². The number of urea groups is 1. The van der Waals surface area contributed by atoms with Crippen LogP contribution < -0.4 is 10.5 Å². The third-order valence-electron chi connectivity index (χ3n) is 7.42. The second-order valence-corrected chi connectivity index (χ2v) is 9.21. The van der Waals surface area contributed by atoms with Crippen molar-refractivity contribution in [1.82, 2.24) is 4.90 Å². The van der Waals surface area contributed by atoms with E-state index >= 15 is 0 Å². The first-order chi connectivity index (χ1) is 16.7. The van der Waals surface area contributed by atoms with Crippen LogP contribution in [0.2, 0.25) is 0 Å². The van der Waals surface area contributed by atoms with Gasteiger partial charge in [0.25, 0.3) is 0 Å². The van der Waals surface area contributed by atoms with Crippen molar-refractivity contribution >= 4 is 29.4 Å². The van der Waals surface area contributed by atoms with Crippen molar-refractivity contribution < 1.29 is 33.8 Å². The van der Waals surface area contributed by atoms with Gasteiger partial charge in [-0.15, -0.1) is 0 Å². The number of likely N-dealkylation sites (tertiary alicyclic amines) is 1. The molecule has 0 aromatic heterocycles. The number of imide groups is 3. The van der Waals surface area contributed by atoms with E-state index in [2.05, 4.69) is 0 Å². The zero-order valence-corrected chi connectivity index (χ0v) is 19.2. The number of rotatable bonds is 3. The quantitative estimate of drug-likeness (QED) is 0.387. The lowest BCUT2D eigenvalue weighted by atomic mass is 9.59. The summed E-state index contributed by atoms with van der Waals surface area (Å²) >= 11 is 0. The summed E-state index contributed by atoms with van der Waals surface area (Å²) in [6, 6.07) is 3.81. The van der Waals surface area contributed by atoms with Crippen molar-refractivity contribution in [2.24, 2.45) is 23.5 Å². The maximum Gasteiger partial charge on any atom is 0.328 e. The van der Waals surface area contributed by atoms with Gasteiger partial charge >= 0.3 is 6.03 Å². The summed E-state index contributed by atoms with van der Waals surface area (Å²) in [5, 5.41) is 11.1. The summed E-state index contributed by atoms with van der Waals surface area (Å²) in [6.07, 6.45) is 3.34. The zero-order chi connectivity index (χ0) is 25.2. The molecule has 9 nitrogen and oxygen atoms in total. The third-order valence-corrected chi connectivity index (χ3v) is 7.42. The van der Waals surface area contributed by atoms with Gasteiger partial charge in [0.15, 0.2) is 23.1 Å². The Balaban J connectivity index is 1.71. The van der Waals surface area contributed by atoms with E-state index in [1.165, 1.54) is 6.08 Å². The van der Waals surface area contributed by atoms with E-state index in [4.69, 9.17) is 10.5 Å². The minimum Gasteiger partial charge on any atom is -0.504 e. The molecule has 1 saturated heterocycles. The number of nitrogens with zero attached hydrogens (tertiary/aromatic N) is 1. The van der Waals surface area contributed by atoms with Crippen LogP contribution in [0.25, 0.3) is 0 Å². The number of primary amides is 1. The number of carbonyl (C=O) groups excluding carboxylic acids is 5. The molecule has 4 atom stereocenters. The molecule has 1 aromatic carbocycles. The predicted octanol–water partition coefficient (Wildman–Crippen LogP) is 2.30. The normalized spacial score (nSPS) is 27.8. The van der Waals surface area contributed by atoms with Gasteiger partial charge in [0, 0.05) is 28.2 Å². The Labute approximate surface area is 200 Å². The first-order valence-electron chi connectivity index (χ1n) is 11.5. The van der Waals surface area contributed by atoms with Gasteiger partial charge < -0.3 is 15.6 Å². The fourth-order valence-electron chi connectivity index (χ4n) is 6.00. The number of benzene rings is 1. The second-order valence-electron chi connectivity index (χ2n) is 9.21. The van der Waals surface area contributed by atoms with Gasteiger partial charge in [-0.1, -0.05) is 23.8 Å². The summed E-state index contributed by atoms with van der Waals surface area (Å²) in [4.78, 5) is 64.8. The van der Waals surface area contributed by atoms with E-state index in [0.717, 1.165) is 0 Å². The third kappa shape index (κ3) is 3.18. The smallest absolute Gasteiger partial charge is 0.328 e. The van der Waals surface area contributed by atoms with Gasteiger partial charge in [0.05, 0.1) is 18.4 Å². The monoisotopic (exact) mass is 476 g/mol. The summed E-state index contributed by atoms with van der Waals surface area (Å²) in [7, 11) is 0. The van der Waals surface area contributed by atoms with E-state index in [1.807, 2.05) is 0 Å². The topological polar surface area (TPSA) is 144 Å². The molecule has 0 radical (unpaired) electrons. The van der Waals surface area contributed by atoms with Crippen LogP contribution in [0.1, 0.15) is 38.2 Å². The number of amides is 4. The number of ketones is 2. The number of aromatic hydroxyl groups is 1. The number of hydrogen-bond acceptors (Lipinski definition) is 7. The molecule has 1 aromatic rings. The number of phenolic OH excluding ortho intramolecular Hbond substituents is 1. The lowest BCUT2D eigenvalue weighted by Crippen LogP contribution is -2.42. The van der Waals surface area contributed by atoms with Crippen molar-refractivity contribution in [2.45, 2.75) is 32.6 Å². The Morgan fingerprint density at radius 1 is 1.17 bits per heavy atom. The molecule has 1 fully saturated rings. The highest BCUT2D eigenvalue weighted by Crippen LogP contribution is 2.56. The molecule has 0 spiro atoms. The van der Waals surface area contributed by atoms with Gasteiger partial charge in [-0.2, -0.15) is 4.90 Å². The number of para-hydroxylation sites is 1. The fraction of sp³-hybridized carbons (Fsp3) is 0.346. The van der Waals surface area contributed by atoms with Gasteiger partial charge in [0.1, 0.15) is 0 Å². The molecule has 1 heterocycles. The number of hydrogen-bond donors (Lipinski definition) is 2. The highest BCUT2D eigenvalue weighted by molar-refractivity contribution is 6.24. The van der Waals surface area contributed by atoms with Crippen LogP contribution in [-0.4, -0.2) is 46.0 Å². The van der Waals surface area contributed by atoms with Crippen LogP contribution in [0.3, 0.4) is 0 Å². The summed E-state index contributed by atoms with van der Waals surface area (Å²) in [5.74, 6) is -5.01. The first kappa shape index (κ1) is 22.8. The van der Waals surface area contributed by atoms with Crippen LogP contribution >= 0.6 is 0 Å². The molecule has 3 aliphatic carbocycles. The minimum atomic E-state index is -1.13. The zero-order valence-electron chi connectivity index (χ0n) is 19.2.